The molecular weight excluding hydrogens is 482 g/mol. The van der Waals surface area contributed by atoms with Gasteiger partial charge in [0.25, 0.3) is 0 Å². The molecule has 0 atom stereocenters. The average molecular weight is 515 g/mol. The van der Waals surface area contributed by atoms with Gasteiger partial charge in [-0.15, -0.1) is 0 Å². The van der Waals surface area contributed by atoms with Crippen molar-refractivity contribution in [1.82, 2.24) is 0 Å². The molecule has 0 radical (unpaired) electrons. The van der Waals surface area contributed by atoms with Gasteiger partial charge in [0.05, 0.1) is 6.61 Å². The zero-order valence-corrected chi connectivity index (χ0v) is 22.0. The SMILES string of the molecule is COP(=O)(CC(=O)c1cc(C)c(Cc2ccc(OCOCCc3ccc(F)cc3)cc2)c(C)c1)OC. The number of carbonyl (C=O) groups is 1. The van der Waals surface area contributed by atoms with Gasteiger partial charge in [0.2, 0.25) is 0 Å². The Morgan fingerprint density at radius 2 is 1.47 bits per heavy atom. The molecule has 0 saturated carbocycles. The van der Waals surface area contributed by atoms with E-state index in [1.165, 1.54) is 26.4 Å². The van der Waals surface area contributed by atoms with Gasteiger partial charge < -0.3 is 18.5 Å². The molecule has 3 rings (SSSR count). The van der Waals surface area contributed by atoms with Crippen LogP contribution in [0.2, 0.25) is 0 Å². The highest BCUT2D eigenvalue weighted by atomic mass is 31.2. The van der Waals surface area contributed by atoms with E-state index in [1.807, 2.05) is 50.2 Å². The number of ether oxygens (including phenoxy) is 2. The van der Waals surface area contributed by atoms with Crippen molar-refractivity contribution in [2.75, 3.05) is 33.8 Å². The van der Waals surface area contributed by atoms with Crippen LogP contribution in [0.5, 0.6) is 5.75 Å². The number of hydrogen-bond acceptors (Lipinski definition) is 6. The molecule has 0 aliphatic carbocycles. The molecule has 192 valence electrons. The second kappa shape index (κ2) is 12.9. The fourth-order valence-corrected chi connectivity index (χ4v) is 4.76. The summed E-state index contributed by atoms with van der Waals surface area (Å²) in [6.45, 7) is 4.54. The first-order chi connectivity index (χ1) is 17.2. The Balaban J connectivity index is 1.52. The number of benzene rings is 3. The van der Waals surface area contributed by atoms with Crippen LogP contribution in [-0.2, 0) is 31.2 Å². The molecule has 0 aliphatic rings. The van der Waals surface area contributed by atoms with Gasteiger partial charge in [0, 0.05) is 19.8 Å². The minimum Gasteiger partial charge on any atom is -0.468 e. The van der Waals surface area contributed by atoms with E-state index in [1.54, 1.807) is 12.1 Å². The van der Waals surface area contributed by atoms with Crippen molar-refractivity contribution in [3.8, 4) is 5.75 Å². The van der Waals surface area contributed by atoms with Gasteiger partial charge >= 0.3 is 7.60 Å². The van der Waals surface area contributed by atoms with Crippen LogP contribution in [-0.4, -0.2) is 39.6 Å². The predicted octanol–water partition coefficient (Wildman–Crippen LogP) is 6.30. The smallest absolute Gasteiger partial charge is 0.337 e. The second-order valence-corrected chi connectivity index (χ2v) is 10.8. The third kappa shape index (κ3) is 7.84. The molecule has 6 nitrogen and oxygen atoms in total. The van der Waals surface area contributed by atoms with E-state index in [0.717, 1.165) is 27.8 Å². The monoisotopic (exact) mass is 514 g/mol. The molecule has 3 aromatic carbocycles. The predicted molar refractivity (Wildman–Crippen MR) is 138 cm³/mol. The molecule has 0 heterocycles. The van der Waals surface area contributed by atoms with Crippen molar-refractivity contribution in [2.45, 2.75) is 26.7 Å². The Hall–Kier alpha value is -2.83. The molecule has 0 saturated heterocycles. The summed E-state index contributed by atoms with van der Waals surface area (Å²) in [5.74, 6) is 0.179. The van der Waals surface area contributed by atoms with Gasteiger partial charge in [0.1, 0.15) is 17.7 Å². The molecule has 0 spiro atoms. The summed E-state index contributed by atoms with van der Waals surface area (Å²) < 4.78 is 46.2. The molecule has 0 fully saturated rings. The maximum absolute atomic E-state index is 12.9. The van der Waals surface area contributed by atoms with Crippen LogP contribution in [0.3, 0.4) is 0 Å². The molecule has 0 unspecified atom stereocenters. The Bertz CT molecular complexity index is 1180. The molecular formula is C28H32FO6P. The van der Waals surface area contributed by atoms with Crippen LogP contribution in [0.1, 0.15) is 38.2 Å². The van der Waals surface area contributed by atoms with Gasteiger partial charge in [-0.3, -0.25) is 9.36 Å². The van der Waals surface area contributed by atoms with Gasteiger partial charge in [-0.25, -0.2) is 4.39 Å². The second-order valence-electron chi connectivity index (χ2n) is 8.51. The normalized spacial score (nSPS) is 11.5. The van der Waals surface area contributed by atoms with E-state index < -0.39 is 7.60 Å². The summed E-state index contributed by atoms with van der Waals surface area (Å²) in [6, 6.07) is 17.8. The largest absolute Gasteiger partial charge is 0.468 e. The van der Waals surface area contributed by atoms with Crippen LogP contribution < -0.4 is 4.74 Å². The van der Waals surface area contributed by atoms with Crippen molar-refractivity contribution < 1.29 is 32.3 Å². The number of Topliss-reactive ketones (excluding diaryl/α,β-unsaturated/α-hetero) is 1. The summed E-state index contributed by atoms with van der Waals surface area (Å²) in [5.41, 5.74) is 5.70. The summed E-state index contributed by atoms with van der Waals surface area (Å²) in [4.78, 5) is 12.6. The zero-order valence-electron chi connectivity index (χ0n) is 21.1. The molecule has 8 heteroatoms. The summed E-state index contributed by atoms with van der Waals surface area (Å²) >= 11 is 0. The molecule has 0 aromatic heterocycles. The van der Waals surface area contributed by atoms with Crippen LogP contribution in [0, 0.1) is 19.7 Å². The lowest BCUT2D eigenvalue weighted by atomic mass is 9.93. The third-order valence-electron chi connectivity index (χ3n) is 5.97. The van der Waals surface area contributed by atoms with Gasteiger partial charge in [-0.05, 0) is 90.9 Å². The Morgan fingerprint density at radius 1 is 0.889 bits per heavy atom. The van der Waals surface area contributed by atoms with E-state index in [2.05, 4.69) is 0 Å². The molecule has 0 aliphatic heterocycles. The molecule has 36 heavy (non-hydrogen) atoms. The Labute approximate surface area is 211 Å². The molecule has 3 aromatic rings. The number of aryl methyl sites for hydroxylation is 2. The highest BCUT2D eigenvalue weighted by Gasteiger charge is 2.26. The number of carbonyl (C=O) groups excluding carboxylic acids is 1. The van der Waals surface area contributed by atoms with Crippen molar-refractivity contribution >= 4 is 13.4 Å². The topological polar surface area (TPSA) is 71.1 Å². The van der Waals surface area contributed by atoms with Gasteiger partial charge in [0.15, 0.2) is 12.6 Å². The minimum atomic E-state index is -3.42. The first-order valence-electron chi connectivity index (χ1n) is 11.6. The van der Waals surface area contributed by atoms with Crippen molar-refractivity contribution in [3.05, 3.63) is 99.9 Å². The Kier molecular flexibility index (Phi) is 9.97. The van der Waals surface area contributed by atoms with E-state index in [0.29, 0.717) is 30.8 Å². The van der Waals surface area contributed by atoms with Crippen molar-refractivity contribution in [2.24, 2.45) is 0 Å². The highest BCUT2D eigenvalue weighted by molar-refractivity contribution is 7.54. The summed E-state index contributed by atoms with van der Waals surface area (Å²) in [5, 5.41) is 0. The maximum Gasteiger partial charge on any atom is 0.337 e. The number of halogens is 1. The first kappa shape index (κ1) is 27.8. The number of hydrogen-bond donors (Lipinski definition) is 0. The standard InChI is InChI=1S/C28H32FO6P/c1-20-15-24(28(30)18-36(31,32-3)33-4)16-21(2)27(20)17-23-7-11-26(12-8-23)35-19-34-14-13-22-5-9-25(29)10-6-22/h5-12,15-16H,13-14,17-19H2,1-4H3. The van der Waals surface area contributed by atoms with Gasteiger partial charge in [-0.2, -0.15) is 0 Å². The van der Waals surface area contributed by atoms with Gasteiger partial charge in [-0.1, -0.05) is 24.3 Å². The summed E-state index contributed by atoms with van der Waals surface area (Å²) in [7, 11) is -0.866. The van der Waals surface area contributed by atoms with Crippen molar-refractivity contribution in [3.63, 3.8) is 0 Å². The fourth-order valence-electron chi connectivity index (χ4n) is 3.82. The van der Waals surface area contributed by atoms with Crippen molar-refractivity contribution in [1.29, 1.82) is 0 Å². The van der Waals surface area contributed by atoms with Crippen LogP contribution in [0.15, 0.2) is 60.7 Å². The van der Waals surface area contributed by atoms with E-state index >= 15 is 0 Å². The average Bonchev–Trinajstić information content (AvgIpc) is 2.87. The lowest BCUT2D eigenvalue weighted by molar-refractivity contribution is 0.0169. The molecule has 0 N–H and O–H groups in total. The minimum absolute atomic E-state index is 0.132. The lowest BCUT2D eigenvalue weighted by Crippen LogP contribution is -2.10. The fraction of sp³-hybridized carbons (Fsp3) is 0.321. The third-order valence-corrected chi connectivity index (χ3v) is 7.76. The molecule has 0 bridgehead atoms. The van der Waals surface area contributed by atoms with E-state index in [4.69, 9.17) is 18.5 Å². The summed E-state index contributed by atoms with van der Waals surface area (Å²) in [6.07, 6.45) is 1.09. The molecule has 0 amide bonds. The van der Waals surface area contributed by atoms with E-state index in [9.17, 15) is 13.8 Å². The zero-order chi connectivity index (χ0) is 26.1. The van der Waals surface area contributed by atoms with Crippen LogP contribution in [0.4, 0.5) is 4.39 Å². The van der Waals surface area contributed by atoms with Crippen LogP contribution in [0.25, 0.3) is 0 Å². The van der Waals surface area contributed by atoms with Crippen LogP contribution >= 0.6 is 7.60 Å². The first-order valence-corrected chi connectivity index (χ1v) is 13.3. The Morgan fingerprint density at radius 3 is 2.06 bits per heavy atom. The lowest BCUT2D eigenvalue weighted by Gasteiger charge is -2.15. The van der Waals surface area contributed by atoms with E-state index in [-0.39, 0.29) is 24.6 Å². The quantitative estimate of drug-likeness (QED) is 0.115. The highest BCUT2D eigenvalue weighted by Crippen LogP contribution is 2.46. The number of ketones is 1. The maximum atomic E-state index is 12.9. The number of rotatable bonds is 13.